The third kappa shape index (κ3) is 12.3. The molecule has 3 fully saturated rings. The van der Waals surface area contributed by atoms with Crippen LogP contribution in [0.5, 0.6) is 17.2 Å². The van der Waals surface area contributed by atoms with Gasteiger partial charge in [-0.1, -0.05) is 72.8 Å². The maximum absolute atomic E-state index is 14.0. The van der Waals surface area contributed by atoms with Crippen LogP contribution in [0.1, 0.15) is 69.6 Å². The number of phenols is 1. The summed E-state index contributed by atoms with van der Waals surface area (Å²) in [6.45, 7) is 3.94. The van der Waals surface area contributed by atoms with Crippen molar-refractivity contribution in [1.29, 1.82) is 0 Å². The Kier molecular flexibility index (Phi) is 14.7. The molecule has 9 rings (SSSR count). The zero-order valence-electron chi connectivity index (χ0n) is 36.6. The van der Waals surface area contributed by atoms with E-state index in [1.165, 1.54) is 42.5 Å². The Hall–Kier alpha value is -6.88. The number of fused-ring (bicyclic) bond motifs is 4. The van der Waals surface area contributed by atoms with Crippen LogP contribution in [-0.4, -0.2) is 88.7 Å². The Morgan fingerprint density at radius 2 is 1.58 bits per heavy atom. The number of amides is 2. The number of carbonyl (C=O) groups excluding carboxylic acids is 2. The summed E-state index contributed by atoms with van der Waals surface area (Å²) < 4.78 is 54.7. The minimum absolute atomic E-state index is 0.100. The number of alkyl halides is 3. The summed E-state index contributed by atoms with van der Waals surface area (Å²) in [5, 5.41) is 28.0. The van der Waals surface area contributed by atoms with Crippen molar-refractivity contribution in [2.75, 3.05) is 39.3 Å². The first kappa shape index (κ1) is 46.6. The second-order valence-electron chi connectivity index (χ2n) is 16.9. The van der Waals surface area contributed by atoms with Gasteiger partial charge in [0, 0.05) is 43.2 Å². The number of alkyl carbamates (subject to hydrolysis) is 1. The highest BCUT2D eigenvalue weighted by Gasteiger charge is 2.37. The molecule has 2 amide bonds. The van der Waals surface area contributed by atoms with Crippen LogP contribution in [0, 0.1) is 5.92 Å². The van der Waals surface area contributed by atoms with Crippen molar-refractivity contribution in [2.24, 2.45) is 5.92 Å². The monoisotopic (exact) mass is 919 g/mol. The Morgan fingerprint density at radius 3 is 2.30 bits per heavy atom. The lowest BCUT2D eigenvalue weighted by Crippen LogP contribution is -2.52. The van der Waals surface area contributed by atoms with E-state index in [-0.39, 0.29) is 60.8 Å². The molecule has 0 radical (unpaired) electrons. The number of halogens is 3. The SMILES string of the molecule is O=C(NC(c1ccccc1)c1cccc(OCc2ccc(C(=O)N(CCCNCC(O)c3ccc(O)c4[nH]c(=O)ccc34)Cc3ccc(OC(F)(F)F)cc3)cc2)c1)OC1CN2CCC1CC2. The summed E-state index contributed by atoms with van der Waals surface area (Å²) in [5.74, 6) is 0.171. The van der Waals surface area contributed by atoms with Crippen LogP contribution in [0.2, 0.25) is 0 Å². The largest absolute Gasteiger partial charge is 0.573 e. The van der Waals surface area contributed by atoms with E-state index in [1.54, 1.807) is 35.2 Å². The van der Waals surface area contributed by atoms with Gasteiger partial charge in [-0.2, -0.15) is 0 Å². The highest BCUT2D eigenvalue weighted by molar-refractivity contribution is 5.94. The zero-order valence-corrected chi connectivity index (χ0v) is 36.6. The molecule has 3 unspecified atom stereocenters. The first-order valence-electron chi connectivity index (χ1n) is 22.3. The summed E-state index contributed by atoms with van der Waals surface area (Å²) in [4.78, 5) is 45.7. The number of hydrogen-bond donors (Lipinski definition) is 5. The van der Waals surface area contributed by atoms with Crippen LogP contribution in [0.3, 0.4) is 0 Å². The number of ether oxygens (including phenoxy) is 3. The molecule has 4 heterocycles. The van der Waals surface area contributed by atoms with Crippen molar-refractivity contribution in [2.45, 2.75) is 57.0 Å². The average molecular weight is 920 g/mol. The molecule has 16 heteroatoms. The number of rotatable bonds is 18. The van der Waals surface area contributed by atoms with Gasteiger partial charge in [0.2, 0.25) is 5.56 Å². The Morgan fingerprint density at radius 1 is 0.851 bits per heavy atom. The van der Waals surface area contributed by atoms with Crippen LogP contribution in [0.4, 0.5) is 18.0 Å². The fraction of sp³-hybridized carbons (Fsp3) is 0.314. The van der Waals surface area contributed by atoms with E-state index >= 15 is 0 Å². The number of carbonyl (C=O) groups is 2. The molecule has 5 aromatic carbocycles. The minimum Gasteiger partial charge on any atom is -0.506 e. The molecular formula is C51H52F3N5O8. The lowest BCUT2D eigenvalue weighted by Gasteiger charge is -2.43. The molecule has 2 bridgehead atoms. The number of aliphatic hydroxyl groups is 1. The van der Waals surface area contributed by atoms with Gasteiger partial charge in [-0.15, -0.1) is 13.2 Å². The van der Waals surface area contributed by atoms with Gasteiger partial charge in [0.1, 0.15) is 30.0 Å². The molecule has 67 heavy (non-hydrogen) atoms. The Balaban J connectivity index is 0.896. The maximum Gasteiger partial charge on any atom is 0.573 e. The molecule has 6 aromatic rings. The number of hydrogen-bond acceptors (Lipinski definition) is 10. The van der Waals surface area contributed by atoms with Crippen molar-refractivity contribution in [1.82, 2.24) is 25.4 Å². The van der Waals surface area contributed by atoms with Crippen LogP contribution >= 0.6 is 0 Å². The van der Waals surface area contributed by atoms with E-state index in [1.807, 2.05) is 54.6 Å². The van der Waals surface area contributed by atoms with Crippen LogP contribution < -0.4 is 25.7 Å². The highest BCUT2D eigenvalue weighted by Crippen LogP contribution is 2.32. The number of benzene rings is 5. The number of aliphatic hydroxyl groups excluding tert-OH is 1. The van der Waals surface area contributed by atoms with E-state index < -0.39 is 24.6 Å². The number of piperidine rings is 3. The van der Waals surface area contributed by atoms with Crippen molar-refractivity contribution >= 4 is 22.9 Å². The van der Waals surface area contributed by atoms with Gasteiger partial charge in [-0.25, -0.2) is 4.79 Å². The first-order valence-corrected chi connectivity index (χ1v) is 22.3. The van der Waals surface area contributed by atoms with E-state index in [4.69, 9.17) is 9.47 Å². The van der Waals surface area contributed by atoms with Crippen LogP contribution in [0.15, 0.2) is 132 Å². The van der Waals surface area contributed by atoms with Crippen molar-refractivity contribution in [3.63, 3.8) is 0 Å². The van der Waals surface area contributed by atoms with Gasteiger partial charge in [0.25, 0.3) is 5.91 Å². The molecule has 0 saturated carbocycles. The van der Waals surface area contributed by atoms with Gasteiger partial charge >= 0.3 is 12.5 Å². The molecule has 0 aliphatic carbocycles. The van der Waals surface area contributed by atoms with Gasteiger partial charge in [-0.05, 0) is 121 Å². The second kappa shape index (κ2) is 21.2. The summed E-state index contributed by atoms with van der Waals surface area (Å²) in [6, 6.07) is 34.9. The van der Waals surface area contributed by atoms with E-state index in [9.17, 15) is 37.8 Å². The quantitative estimate of drug-likeness (QED) is 0.0534. The third-order valence-corrected chi connectivity index (χ3v) is 12.3. The molecule has 5 N–H and O–H groups in total. The molecular weight excluding hydrogens is 868 g/mol. The van der Waals surface area contributed by atoms with Crippen LogP contribution in [0.25, 0.3) is 10.9 Å². The normalized spacial score (nSPS) is 17.6. The minimum atomic E-state index is -4.84. The predicted octanol–water partition coefficient (Wildman–Crippen LogP) is 7.98. The fourth-order valence-electron chi connectivity index (χ4n) is 8.78. The molecule has 3 aliphatic rings. The maximum atomic E-state index is 14.0. The molecule has 3 aliphatic heterocycles. The molecule has 350 valence electrons. The summed E-state index contributed by atoms with van der Waals surface area (Å²) in [5.41, 5.74) is 3.83. The van der Waals surface area contributed by atoms with E-state index in [0.29, 0.717) is 46.7 Å². The zero-order chi connectivity index (χ0) is 46.9. The Labute approximate surface area is 385 Å². The fourth-order valence-corrected chi connectivity index (χ4v) is 8.78. The van der Waals surface area contributed by atoms with E-state index in [2.05, 4.69) is 25.3 Å². The smallest absolute Gasteiger partial charge is 0.506 e. The highest BCUT2D eigenvalue weighted by atomic mass is 19.4. The molecule has 3 atom stereocenters. The van der Waals surface area contributed by atoms with Crippen LogP contribution in [-0.2, 0) is 17.9 Å². The second-order valence-corrected chi connectivity index (χ2v) is 16.9. The number of pyridine rings is 1. The first-order chi connectivity index (χ1) is 32.3. The molecule has 13 nitrogen and oxygen atoms in total. The number of phenolic OH excluding ortho intramolecular Hbond substituents is 1. The van der Waals surface area contributed by atoms with Gasteiger partial charge in [-0.3, -0.25) is 14.5 Å². The average Bonchev–Trinajstić information content (AvgIpc) is 3.33. The lowest BCUT2D eigenvalue weighted by molar-refractivity contribution is -0.274. The molecule has 0 spiro atoms. The number of aromatic amines is 1. The van der Waals surface area contributed by atoms with E-state index in [0.717, 1.165) is 49.2 Å². The standard InChI is InChI=1S/C51H52F3N5O8/c52-51(53,54)67-39-16-12-33(13-17-39)30-59(25-5-24-55-29-44(61)41-18-20-43(60)48-42(41)19-21-46(62)56-48)49(63)37-14-10-34(11-15-37)32-65-40-9-4-8-38(28-40)47(36-6-2-1-3-7-36)57-50(64)66-45-31-58-26-22-35(45)23-27-58/h1-4,6-21,28,35,44-45,47,55,60-61H,5,22-27,29-32H2,(H,56,62)(H,57,64). The summed E-state index contributed by atoms with van der Waals surface area (Å²) >= 11 is 0. The predicted molar refractivity (Wildman–Crippen MR) is 245 cm³/mol. The molecule has 1 aromatic heterocycles. The summed E-state index contributed by atoms with van der Waals surface area (Å²) in [6.07, 6.45) is -3.89. The topological polar surface area (TPSA) is 166 Å². The number of aromatic hydroxyl groups is 1. The number of aromatic nitrogens is 1. The lowest BCUT2D eigenvalue weighted by atomic mass is 9.86. The van der Waals surface area contributed by atoms with Crippen molar-refractivity contribution < 1.29 is 47.2 Å². The Bertz CT molecular complexity index is 2680. The molecule has 3 saturated heterocycles. The van der Waals surface area contributed by atoms with Gasteiger partial charge < -0.3 is 44.9 Å². The van der Waals surface area contributed by atoms with Crippen molar-refractivity contribution in [3.8, 4) is 17.2 Å². The van der Waals surface area contributed by atoms with Gasteiger partial charge in [0.15, 0.2) is 0 Å². The van der Waals surface area contributed by atoms with Gasteiger partial charge in [0.05, 0.1) is 17.7 Å². The number of nitrogens with one attached hydrogen (secondary N) is 3. The summed E-state index contributed by atoms with van der Waals surface area (Å²) in [7, 11) is 0. The number of nitrogens with zero attached hydrogens (tertiary/aromatic N) is 2. The number of H-pyrrole nitrogens is 1. The third-order valence-electron chi connectivity index (χ3n) is 12.3. The van der Waals surface area contributed by atoms with Crippen molar-refractivity contribution in [3.05, 3.63) is 171 Å².